The molecule has 0 saturated heterocycles. The van der Waals surface area contributed by atoms with E-state index in [0.717, 1.165) is 18.4 Å². The van der Waals surface area contributed by atoms with Gasteiger partial charge in [-0.15, -0.1) is 0 Å². The Morgan fingerprint density at radius 2 is 2.06 bits per heavy atom. The fraction of sp³-hybridized carbons (Fsp3) is 0.462. The highest BCUT2D eigenvalue weighted by atomic mass is 32.2. The first-order valence-electron chi connectivity index (χ1n) is 5.93. The summed E-state index contributed by atoms with van der Waals surface area (Å²) in [7, 11) is -3.04. The molecule has 18 heavy (non-hydrogen) atoms. The second kappa shape index (κ2) is 4.39. The number of sulfone groups is 1. The van der Waals surface area contributed by atoms with Crippen LogP contribution in [0.4, 0.5) is 0 Å². The molecular formula is C13H16O4S. The number of aromatic carboxylic acids is 1. The molecule has 1 N–H and O–H groups in total. The molecule has 1 fully saturated rings. The van der Waals surface area contributed by atoms with Gasteiger partial charge in [-0.05, 0) is 30.5 Å². The minimum absolute atomic E-state index is 0.125. The highest BCUT2D eigenvalue weighted by molar-refractivity contribution is 7.91. The van der Waals surface area contributed by atoms with Gasteiger partial charge in [0.25, 0.3) is 0 Å². The summed E-state index contributed by atoms with van der Waals surface area (Å²) in [4.78, 5) is 10.9. The molecule has 0 bridgehead atoms. The Balaban J connectivity index is 2.31. The Bertz CT molecular complexity index is 570. The molecule has 0 radical (unpaired) electrons. The van der Waals surface area contributed by atoms with Crippen LogP contribution in [-0.2, 0) is 15.3 Å². The first-order chi connectivity index (χ1) is 8.38. The van der Waals surface area contributed by atoms with Gasteiger partial charge in [0.1, 0.15) is 0 Å². The van der Waals surface area contributed by atoms with Crippen LogP contribution in [0.1, 0.15) is 35.7 Å². The van der Waals surface area contributed by atoms with Gasteiger partial charge in [0, 0.05) is 11.2 Å². The lowest BCUT2D eigenvalue weighted by atomic mass is 9.96. The van der Waals surface area contributed by atoms with Gasteiger partial charge in [0.15, 0.2) is 9.84 Å². The Hall–Kier alpha value is -1.36. The van der Waals surface area contributed by atoms with Crippen molar-refractivity contribution in [2.45, 2.75) is 25.2 Å². The van der Waals surface area contributed by atoms with Crippen molar-refractivity contribution in [3.63, 3.8) is 0 Å². The molecule has 98 valence electrons. The van der Waals surface area contributed by atoms with Gasteiger partial charge in [-0.25, -0.2) is 13.2 Å². The maximum Gasteiger partial charge on any atom is 0.335 e. The Kier molecular flexibility index (Phi) is 3.19. The Morgan fingerprint density at radius 1 is 1.39 bits per heavy atom. The van der Waals surface area contributed by atoms with Crippen molar-refractivity contribution in [2.75, 3.05) is 11.5 Å². The van der Waals surface area contributed by atoms with Crippen molar-refractivity contribution in [1.29, 1.82) is 0 Å². The first kappa shape index (κ1) is 13.1. The van der Waals surface area contributed by atoms with Crippen LogP contribution in [-0.4, -0.2) is 31.0 Å². The normalized spacial score (nSPS) is 17.4. The third kappa shape index (κ3) is 2.56. The van der Waals surface area contributed by atoms with Crippen molar-refractivity contribution in [2.24, 2.45) is 0 Å². The lowest BCUT2D eigenvalue weighted by molar-refractivity contribution is 0.0696. The van der Waals surface area contributed by atoms with Crippen molar-refractivity contribution in [3.05, 3.63) is 35.4 Å². The predicted molar refractivity (Wildman–Crippen MR) is 68.6 cm³/mol. The van der Waals surface area contributed by atoms with Gasteiger partial charge in [-0.3, -0.25) is 0 Å². The molecule has 1 aliphatic carbocycles. The van der Waals surface area contributed by atoms with E-state index in [9.17, 15) is 13.2 Å². The molecule has 1 aromatic carbocycles. The second-order valence-corrected chi connectivity index (χ2v) is 7.20. The van der Waals surface area contributed by atoms with Crippen LogP contribution in [0.2, 0.25) is 0 Å². The zero-order chi connectivity index (χ0) is 13.4. The summed E-state index contributed by atoms with van der Waals surface area (Å²) in [6.45, 7) is 1.64. The largest absolute Gasteiger partial charge is 0.478 e. The average Bonchev–Trinajstić information content (AvgIpc) is 3.09. The molecule has 1 aromatic rings. The van der Waals surface area contributed by atoms with Gasteiger partial charge in [-0.1, -0.05) is 19.1 Å². The SMILES string of the molecule is CCS(=O)(=O)CC1(c2cccc(C(=O)O)c2)CC1. The minimum Gasteiger partial charge on any atom is -0.478 e. The number of carbonyl (C=O) groups is 1. The van der Waals surface area contributed by atoms with E-state index in [-0.39, 0.29) is 22.5 Å². The van der Waals surface area contributed by atoms with E-state index >= 15 is 0 Å². The third-order valence-corrected chi connectivity index (χ3v) is 5.38. The Morgan fingerprint density at radius 3 is 2.56 bits per heavy atom. The summed E-state index contributed by atoms with van der Waals surface area (Å²) in [5.41, 5.74) is 0.701. The lowest BCUT2D eigenvalue weighted by Crippen LogP contribution is -2.22. The molecule has 0 aliphatic heterocycles. The highest BCUT2D eigenvalue weighted by Crippen LogP contribution is 2.49. The predicted octanol–water partition coefficient (Wildman–Crippen LogP) is 1.85. The zero-order valence-electron chi connectivity index (χ0n) is 10.2. The number of benzene rings is 1. The van der Waals surface area contributed by atoms with E-state index in [1.807, 2.05) is 6.07 Å². The van der Waals surface area contributed by atoms with E-state index in [1.54, 1.807) is 19.1 Å². The number of carboxylic acid groups (broad SMARTS) is 1. The van der Waals surface area contributed by atoms with Crippen LogP contribution in [0.15, 0.2) is 24.3 Å². The fourth-order valence-corrected chi connectivity index (χ4v) is 3.67. The molecule has 2 rings (SSSR count). The van der Waals surface area contributed by atoms with E-state index in [0.29, 0.717) is 0 Å². The molecule has 1 aliphatic rings. The van der Waals surface area contributed by atoms with Gasteiger partial charge in [0.2, 0.25) is 0 Å². The monoisotopic (exact) mass is 268 g/mol. The van der Waals surface area contributed by atoms with Gasteiger partial charge in [0.05, 0.1) is 11.3 Å². The van der Waals surface area contributed by atoms with Gasteiger partial charge < -0.3 is 5.11 Å². The standard InChI is InChI=1S/C13H16O4S/c1-2-18(16,17)9-13(6-7-13)11-5-3-4-10(8-11)12(14)15/h3-5,8H,2,6-7,9H2,1H3,(H,14,15). The molecule has 0 unspecified atom stereocenters. The molecule has 0 amide bonds. The van der Waals surface area contributed by atoms with Gasteiger partial charge >= 0.3 is 5.97 Å². The summed E-state index contributed by atoms with van der Waals surface area (Å²) in [6, 6.07) is 6.62. The number of hydrogen-bond donors (Lipinski definition) is 1. The summed E-state index contributed by atoms with van der Waals surface area (Å²) in [6.07, 6.45) is 1.63. The Labute approximate surface area is 107 Å². The number of rotatable bonds is 5. The van der Waals surface area contributed by atoms with E-state index in [1.165, 1.54) is 6.07 Å². The topological polar surface area (TPSA) is 71.4 Å². The molecule has 0 atom stereocenters. The summed E-state index contributed by atoms with van der Waals surface area (Å²) in [5.74, 6) is -0.724. The van der Waals surface area contributed by atoms with Crippen molar-refractivity contribution < 1.29 is 18.3 Å². The van der Waals surface area contributed by atoms with Crippen molar-refractivity contribution in [3.8, 4) is 0 Å². The maximum atomic E-state index is 11.7. The quantitative estimate of drug-likeness (QED) is 0.884. The highest BCUT2D eigenvalue weighted by Gasteiger charge is 2.47. The summed E-state index contributed by atoms with van der Waals surface area (Å²) < 4.78 is 23.5. The summed E-state index contributed by atoms with van der Waals surface area (Å²) in [5, 5.41) is 8.96. The van der Waals surface area contributed by atoms with Crippen LogP contribution in [0.3, 0.4) is 0 Å². The average molecular weight is 268 g/mol. The summed E-state index contributed by atoms with van der Waals surface area (Å²) >= 11 is 0. The molecule has 4 nitrogen and oxygen atoms in total. The molecule has 5 heteroatoms. The van der Waals surface area contributed by atoms with Crippen LogP contribution in [0.25, 0.3) is 0 Å². The molecule has 0 aromatic heterocycles. The van der Waals surface area contributed by atoms with Gasteiger partial charge in [-0.2, -0.15) is 0 Å². The van der Waals surface area contributed by atoms with Crippen LogP contribution in [0.5, 0.6) is 0 Å². The van der Waals surface area contributed by atoms with Crippen LogP contribution >= 0.6 is 0 Å². The molecular weight excluding hydrogens is 252 g/mol. The zero-order valence-corrected chi connectivity index (χ0v) is 11.0. The smallest absolute Gasteiger partial charge is 0.335 e. The van der Waals surface area contributed by atoms with Crippen molar-refractivity contribution in [1.82, 2.24) is 0 Å². The van der Waals surface area contributed by atoms with E-state index < -0.39 is 15.8 Å². The number of carboxylic acids is 1. The van der Waals surface area contributed by atoms with E-state index in [4.69, 9.17) is 5.11 Å². The van der Waals surface area contributed by atoms with Crippen LogP contribution in [0, 0.1) is 0 Å². The molecule has 0 spiro atoms. The third-order valence-electron chi connectivity index (χ3n) is 3.51. The van der Waals surface area contributed by atoms with Crippen molar-refractivity contribution >= 4 is 15.8 Å². The minimum atomic E-state index is -3.04. The second-order valence-electron chi connectivity index (χ2n) is 4.84. The van der Waals surface area contributed by atoms with Crippen LogP contribution < -0.4 is 0 Å². The lowest BCUT2D eigenvalue weighted by Gasteiger charge is -2.15. The first-order valence-corrected chi connectivity index (χ1v) is 7.75. The maximum absolute atomic E-state index is 11.7. The van der Waals surface area contributed by atoms with E-state index in [2.05, 4.69) is 0 Å². The molecule has 0 heterocycles. The number of hydrogen-bond acceptors (Lipinski definition) is 3. The fourth-order valence-electron chi connectivity index (χ4n) is 2.17. The molecule has 1 saturated carbocycles.